The molecule has 2 heteroatoms. The van der Waals surface area contributed by atoms with Crippen LogP contribution in [0.25, 0.3) is 0 Å². The zero-order valence-electron chi connectivity index (χ0n) is 9.31. The number of nitrogens with two attached hydrogens (primary N) is 1. The number of benzene rings is 2. The summed E-state index contributed by atoms with van der Waals surface area (Å²) in [4.78, 5) is 1.16. The van der Waals surface area contributed by atoms with Crippen molar-refractivity contribution in [1.29, 1.82) is 0 Å². The van der Waals surface area contributed by atoms with Gasteiger partial charge in [-0.1, -0.05) is 42.0 Å². The summed E-state index contributed by atoms with van der Waals surface area (Å²) >= 11 is 1.78. The van der Waals surface area contributed by atoms with Crippen LogP contribution in [0.2, 0.25) is 0 Å². The predicted octanol–water partition coefficient (Wildman–Crippen LogP) is 3.87. The Kier molecular flexibility index (Phi) is 3.52. The average Bonchev–Trinajstić information content (AvgIpc) is 2.28. The predicted molar refractivity (Wildman–Crippen MR) is 71.6 cm³/mol. The van der Waals surface area contributed by atoms with Crippen molar-refractivity contribution < 1.29 is 0 Å². The van der Waals surface area contributed by atoms with E-state index >= 15 is 0 Å². The molecule has 16 heavy (non-hydrogen) atoms. The maximum atomic E-state index is 5.89. The molecule has 0 fully saturated rings. The van der Waals surface area contributed by atoms with Crippen LogP contribution in [-0.2, 0) is 5.75 Å². The van der Waals surface area contributed by atoms with Crippen molar-refractivity contribution >= 4 is 17.4 Å². The SMILES string of the molecule is Cc1cccc(CSc2ccccc2N)c1. The van der Waals surface area contributed by atoms with Crippen LogP contribution in [0.15, 0.2) is 53.4 Å². The van der Waals surface area contributed by atoms with Crippen molar-refractivity contribution in [3.05, 3.63) is 59.7 Å². The van der Waals surface area contributed by atoms with Gasteiger partial charge in [0.1, 0.15) is 0 Å². The van der Waals surface area contributed by atoms with Crippen LogP contribution >= 0.6 is 11.8 Å². The first kappa shape index (κ1) is 11.1. The van der Waals surface area contributed by atoms with Gasteiger partial charge in [-0.15, -0.1) is 11.8 Å². The molecular weight excluding hydrogens is 214 g/mol. The van der Waals surface area contributed by atoms with E-state index in [1.807, 2.05) is 18.2 Å². The molecule has 1 nitrogen and oxygen atoms in total. The summed E-state index contributed by atoms with van der Waals surface area (Å²) in [6.07, 6.45) is 0. The highest BCUT2D eigenvalue weighted by Crippen LogP contribution is 2.27. The second-order valence-corrected chi connectivity index (χ2v) is 4.83. The number of rotatable bonds is 3. The molecule has 0 amide bonds. The summed E-state index contributed by atoms with van der Waals surface area (Å²) < 4.78 is 0. The van der Waals surface area contributed by atoms with Gasteiger partial charge in [-0.3, -0.25) is 0 Å². The highest BCUT2D eigenvalue weighted by atomic mass is 32.2. The second-order valence-electron chi connectivity index (χ2n) is 3.82. The summed E-state index contributed by atoms with van der Waals surface area (Å²) in [6.45, 7) is 2.12. The summed E-state index contributed by atoms with van der Waals surface area (Å²) in [5, 5.41) is 0. The van der Waals surface area contributed by atoms with E-state index in [0.717, 1.165) is 16.3 Å². The van der Waals surface area contributed by atoms with Crippen LogP contribution in [0, 0.1) is 6.92 Å². The highest BCUT2D eigenvalue weighted by Gasteiger charge is 1.99. The van der Waals surface area contributed by atoms with E-state index in [9.17, 15) is 0 Å². The monoisotopic (exact) mass is 229 g/mol. The molecule has 0 aliphatic carbocycles. The molecule has 2 aromatic rings. The highest BCUT2D eigenvalue weighted by molar-refractivity contribution is 7.98. The molecule has 0 spiro atoms. The van der Waals surface area contributed by atoms with Gasteiger partial charge in [0.2, 0.25) is 0 Å². The molecule has 2 N–H and O–H groups in total. The topological polar surface area (TPSA) is 26.0 Å². The van der Waals surface area contributed by atoms with E-state index in [1.54, 1.807) is 11.8 Å². The zero-order valence-corrected chi connectivity index (χ0v) is 10.1. The van der Waals surface area contributed by atoms with E-state index in [-0.39, 0.29) is 0 Å². The Morgan fingerprint density at radius 3 is 2.62 bits per heavy atom. The van der Waals surface area contributed by atoms with Crippen molar-refractivity contribution in [2.75, 3.05) is 5.73 Å². The molecule has 0 unspecified atom stereocenters. The lowest BCUT2D eigenvalue weighted by atomic mass is 10.2. The van der Waals surface area contributed by atoms with Crippen LogP contribution < -0.4 is 5.73 Å². The minimum Gasteiger partial charge on any atom is -0.398 e. The van der Waals surface area contributed by atoms with Gasteiger partial charge in [0.15, 0.2) is 0 Å². The van der Waals surface area contributed by atoms with Gasteiger partial charge >= 0.3 is 0 Å². The number of thioether (sulfide) groups is 1. The first-order chi connectivity index (χ1) is 7.75. The smallest absolute Gasteiger partial charge is 0.0452 e. The van der Waals surface area contributed by atoms with E-state index in [4.69, 9.17) is 5.73 Å². The van der Waals surface area contributed by atoms with E-state index in [1.165, 1.54) is 11.1 Å². The van der Waals surface area contributed by atoms with Gasteiger partial charge in [-0.2, -0.15) is 0 Å². The molecule has 0 saturated carbocycles. The first-order valence-electron chi connectivity index (χ1n) is 5.28. The fourth-order valence-corrected chi connectivity index (χ4v) is 2.49. The summed E-state index contributed by atoms with van der Waals surface area (Å²) in [7, 11) is 0. The Morgan fingerprint density at radius 1 is 1.06 bits per heavy atom. The third kappa shape index (κ3) is 2.80. The Bertz CT molecular complexity index is 480. The molecule has 0 radical (unpaired) electrons. The quantitative estimate of drug-likeness (QED) is 0.638. The number of para-hydroxylation sites is 1. The molecule has 0 atom stereocenters. The largest absolute Gasteiger partial charge is 0.398 e. The Morgan fingerprint density at radius 2 is 1.88 bits per heavy atom. The molecule has 0 bridgehead atoms. The van der Waals surface area contributed by atoms with Gasteiger partial charge in [0.25, 0.3) is 0 Å². The van der Waals surface area contributed by atoms with Crippen LogP contribution in [0.1, 0.15) is 11.1 Å². The lowest BCUT2D eigenvalue weighted by Crippen LogP contribution is -1.88. The number of aryl methyl sites for hydroxylation is 1. The van der Waals surface area contributed by atoms with Gasteiger partial charge in [-0.05, 0) is 24.6 Å². The zero-order chi connectivity index (χ0) is 11.4. The van der Waals surface area contributed by atoms with E-state index in [0.29, 0.717) is 0 Å². The van der Waals surface area contributed by atoms with Crippen LogP contribution in [-0.4, -0.2) is 0 Å². The first-order valence-corrected chi connectivity index (χ1v) is 6.27. The number of nitrogen functional groups attached to an aromatic ring is 1. The molecule has 2 rings (SSSR count). The Balaban J connectivity index is 2.05. The van der Waals surface area contributed by atoms with Crippen molar-refractivity contribution in [2.45, 2.75) is 17.6 Å². The fourth-order valence-electron chi connectivity index (χ4n) is 1.57. The summed E-state index contributed by atoms with van der Waals surface area (Å²) in [6, 6.07) is 16.6. The minimum absolute atomic E-state index is 0.861. The van der Waals surface area contributed by atoms with Crippen molar-refractivity contribution in [1.82, 2.24) is 0 Å². The Hall–Kier alpha value is -1.41. The van der Waals surface area contributed by atoms with Crippen LogP contribution in [0.5, 0.6) is 0 Å². The molecule has 0 aliphatic heterocycles. The van der Waals surface area contributed by atoms with E-state index < -0.39 is 0 Å². The van der Waals surface area contributed by atoms with Crippen LogP contribution in [0.4, 0.5) is 5.69 Å². The maximum Gasteiger partial charge on any atom is 0.0452 e. The second kappa shape index (κ2) is 5.08. The molecular formula is C14H15NS. The molecule has 0 heterocycles. The average molecular weight is 229 g/mol. The van der Waals surface area contributed by atoms with Crippen molar-refractivity contribution in [3.63, 3.8) is 0 Å². The number of hydrogen-bond acceptors (Lipinski definition) is 2. The summed E-state index contributed by atoms with van der Waals surface area (Å²) in [5.74, 6) is 0.968. The fraction of sp³-hybridized carbons (Fsp3) is 0.143. The number of anilines is 1. The van der Waals surface area contributed by atoms with Gasteiger partial charge in [0.05, 0.1) is 0 Å². The lowest BCUT2D eigenvalue weighted by Gasteiger charge is -2.05. The molecule has 2 aromatic carbocycles. The standard InChI is InChI=1S/C14H15NS/c1-11-5-4-6-12(9-11)10-16-14-8-3-2-7-13(14)15/h2-9H,10,15H2,1H3. The van der Waals surface area contributed by atoms with Crippen molar-refractivity contribution in [3.8, 4) is 0 Å². The van der Waals surface area contributed by atoms with Gasteiger partial charge < -0.3 is 5.73 Å². The summed E-state index contributed by atoms with van der Waals surface area (Å²) in [5.41, 5.74) is 9.40. The third-order valence-corrected chi connectivity index (χ3v) is 3.56. The minimum atomic E-state index is 0.861. The maximum absolute atomic E-state index is 5.89. The molecule has 82 valence electrons. The molecule has 0 saturated heterocycles. The molecule has 0 aromatic heterocycles. The Labute approximate surface area is 101 Å². The van der Waals surface area contributed by atoms with E-state index in [2.05, 4.69) is 37.3 Å². The molecule has 0 aliphatic rings. The van der Waals surface area contributed by atoms with Gasteiger partial charge in [-0.25, -0.2) is 0 Å². The van der Waals surface area contributed by atoms with Crippen LogP contribution in [0.3, 0.4) is 0 Å². The third-order valence-electron chi connectivity index (χ3n) is 2.40. The number of hydrogen-bond donors (Lipinski definition) is 1. The normalized spacial score (nSPS) is 10.3. The lowest BCUT2D eigenvalue weighted by molar-refractivity contribution is 1.34. The van der Waals surface area contributed by atoms with Crippen molar-refractivity contribution in [2.24, 2.45) is 0 Å². The van der Waals surface area contributed by atoms with Gasteiger partial charge in [0, 0.05) is 16.3 Å².